The van der Waals surface area contributed by atoms with Crippen LogP contribution in [0.5, 0.6) is 0 Å². The van der Waals surface area contributed by atoms with E-state index in [9.17, 15) is 4.79 Å². The van der Waals surface area contributed by atoms with Crippen molar-refractivity contribution < 1.29 is 19.0 Å². The number of methoxy groups -OCH3 is 1. The lowest BCUT2D eigenvalue weighted by atomic mass is 10.3. The molecular weight excluding hydrogens is 284 g/mol. The van der Waals surface area contributed by atoms with Crippen molar-refractivity contribution in [2.24, 2.45) is 0 Å². The number of carbonyl (C=O) groups excluding carboxylic acids is 1. The first kappa shape index (κ1) is 18.4. The first-order valence-electron chi connectivity index (χ1n) is 6.33. The third kappa shape index (κ3) is 9.92. The average molecular weight is 306 g/mol. The van der Waals surface area contributed by atoms with Crippen LogP contribution >= 0.6 is 24.0 Å². The zero-order valence-corrected chi connectivity index (χ0v) is 13.4. The van der Waals surface area contributed by atoms with Crippen molar-refractivity contribution in [1.29, 1.82) is 0 Å². The molecule has 0 rings (SSSR count). The molecule has 0 aliphatic rings. The van der Waals surface area contributed by atoms with Gasteiger partial charge in [0.25, 0.3) is 0 Å². The Morgan fingerprint density at radius 1 is 1.37 bits per heavy atom. The summed E-state index contributed by atoms with van der Waals surface area (Å²) >= 11 is 6.04. The van der Waals surface area contributed by atoms with Gasteiger partial charge < -0.3 is 14.2 Å². The molecule has 1 atom stereocenters. The van der Waals surface area contributed by atoms with Gasteiger partial charge >= 0.3 is 5.97 Å². The predicted octanol–water partition coefficient (Wildman–Crippen LogP) is 3.30. The van der Waals surface area contributed by atoms with Crippen LogP contribution in [0.15, 0.2) is 12.2 Å². The number of thiocarbonyl (C=S) groups is 1. The highest BCUT2D eigenvalue weighted by atomic mass is 32.2. The number of hydrogen-bond acceptors (Lipinski definition) is 6. The molecule has 0 saturated carbocycles. The quantitative estimate of drug-likeness (QED) is 0.214. The molecule has 0 aliphatic heterocycles. The number of esters is 1. The van der Waals surface area contributed by atoms with E-state index < -0.39 is 11.4 Å². The van der Waals surface area contributed by atoms with E-state index in [2.05, 4.69) is 23.8 Å². The molecule has 0 fully saturated rings. The van der Waals surface area contributed by atoms with Crippen molar-refractivity contribution in [2.75, 3.05) is 20.3 Å². The molecule has 0 spiro atoms. The number of ether oxygens (including phenoxy) is 3. The lowest BCUT2D eigenvalue weighted by molar-refractivity contribution is -0.148. The minimum atomic E-state index is -0.751. The second-order valence-corrected chi connectivity index (χ2v) is 5.21. The van der Waals surface area contributed by atoms with Crippen LogP contribution in [-0.4, -0.2) is 36.1 Å². The van der Waals surface area contributed by atoms with Gasteiger partial charge in [0.1, 0.15) is 0 Å². The topological polar surface area (TPSA) is 44.8 Å². The van der Waals surface area contributed by atoms with Gasteiger partial charge in [0, 0.05) is 6.61 Å². The van der Waals surface area contributed by atoms with Crippen LogP contribution in [0.25, 0.3) is 0 Å². The smallest absolute Gasteiger partial charge is 0.346 e. The van der Waals surface area contributed by atoms with E-state index in [-0.39, 0.29) is 0 Å². The van der Waals surface area contributed by atoms with E-state index in [1.165, 1.54) is 7.11 Å². The molecule has 0 radical (unpaired) electrons. The summed E-state index contributed by atoms with van der Waals surface area (Å²) in [7, 11) is 1.33. The van der Waals surface area contributed by atoms with E-state index >= 15 is 0 Å². The largest absolute Gasteiger partial charge is 0.479 e. The summed E-state index contributed by atoms with van der Waals surface area (Å²) < 4.78 is 15.6. The Bertz CT molecular complexity index is 292. The van der Waals surface area contributed by atoms with Crippen molar-refractivity contribution in [3.63, 3.8) is 0 Å². The molecule has 4 nitrogen and oxygen atoms in total. The van der Waals surface area contributed by atoms with E-state index in [0.29, 0.717) is 17.6 Å². The Morgan fingerprint density at radius 2 is 2.11 bits per heavy atom. The Hall–Kier alpha value is -0.590. The summed E-state index contributed by atoms with van der Waals surface area (Å²) in [5.41, 5.74) is -0.751. The van der Waals surface area contributed by atoms with Crippen LogP contribution in [0.3, 0.4) is 0 Å². The standard InChI is InChI=1S/C13H22O4S2/c1-4-6-7-8-9-10-17-12(11(14)15-3)19-13(18)16-5-2/h6-7,12H,4-5,8-10H2,1-3H3/b7-6-. The summed E-state index contributed by atoms with van der Waals surface area (Å²) in [4.78, 5) is 11.5. The van der Waals surface area contributed by atoms with Crippen molar-refractivity contribution in [3.05, 3.63) is 12.2 Å². The highest BCUT2D eigenvalue weighted by molar-refractivity contribution is 8.23. The second-order valence-electron chi connectivity index (χ2n) is 3.55. The SMILES string of the molecule is CC/C=C\CCCOC(SC(=S)OCC)C(=O)OC. The maximum Gasteiger partial charge on any atom is 0.346 e. The molecule has 0 aromatic rings. The minimum Gasteiger partial charge on any atom is -0.479 e. The first-order chi connectivity index (χ1) is 9.15. The lowest BCUT2D eigenvalue weighted by Gasteiger charge is -2.15. The van der Waals surface area contributed by atoms with Crippen LogP contribution in [0, 0.1) is 0 Å². The Labute approximate surface area is 124 Å². The van der Waals surface area contributed by atoms with Crippen LogP contribution < -0.4 is 0 Å². The van der Waals surface area contributed by atoms with E-state index in [1.807, 2.05) is 6.92 Å². The highest BCUT2D eigenvalue weighted by Crippen LogP contribution is 2.18. The Morgan fingerprint density at radius 3 is 2.68 bits per heavy atom. The number of unbranched alkanes of at least 4 members (excludes halogenated alkanes) is 1. The maximum absolute atomic E-state index is 11.5. The Balaban J connectivity index is 4.03. The molecule has 0 bridgehead atoms. The van der Waals surface area contributed by atoms with Gasteiger partial charge in [-0.05, 0) is 50.2 Å². The molecule has 0 aliphatic carbocycles. The lowest BCUT2D eigenvalue weighted by Crippen LogP contribution is -2.24. The summed E-state index contributed by atoms with van der Waals surface area (Å²) in [6.45, 7) is 4.88. The van der Waals surface area contributed by atoms with Crippen LogP contribution in [0.4, 0.5) is 0 Å². The van der Waals surface area contributed by atoms with Crippen LogP contribution in [-0.2, 0) is 19.0 Å². The van der Waals surface area contributed by atoms with Crippen molar-refractivity contribution in [2.45, 2.75) is 38.5 Å². The van der Waals surface area contributed by atoms with Crippen molar-refractivity contribution in [1.82, 2.24) is 0 Å². The molecule has 0 heterocycles. The summed E-state index contributed by atoms with van der Waals surface area (Å²) in [6.07, 6.45) is 7.03. The van der Waals surface area contributed by atoms with Gasteiger partial charge in [-0.3, -0.25) is 0 Å². The molecule has 0 aromatic carbocycles. The number of hydrogen-bond donors (Lipinski definition) is 0. The van der Waals surface area contributed by atoms with Crippen LogP contribution in [0.1, 0.15) is 33.1 Å². The second kappa shape index (κ2) is 12.4. The fraction of sp³-hybridized carbons (Fsp3) is 0.692. The van der Waals surface area contributed by atoms with Gasteiger partial charge in [-0.25, -0.2) is 4.79 Å². The van der Waals surface area contributed by atoms with E-state index in [4.69, 9.17) is 21.7 Å². The molecule has 1 unspecified atom stereocenters. The third-order valence-corrected chi connectivity index (χ3v) is 3.31. The fourth-order valence-electron chi connectivity index (χ4n) is 1.16. The monoisotopic (exact) mass is 306 g/mol. The molecule has 19 heavy (non-hydrogen) atoms. The normalized spacial score (nSPS) is 12.4. The molecule has 0 aromatic heterocycles. The minimum absolute atomic E-state index is 0.295. The zero-order chi connectivity index (χ0) is 14.5. The predicted molar refractivity (Wildman–Crippen MR) is 82.2 cm³/mol. The van der Waals surface area contributed by atoms with Gasteiger partial charge in [0.15, 0.2) is 0 Å². The van der Waals surface area contributed by atoms with Crippen molar-refractivity contribution in [3.8, 4) is 0 Å². The zero-order valence-electron chi connectivity index (χ0n) is 11.7. The molecule has 0 amide bonds. The molecule has 0 N–H and O–H groups in total. The Kier molecular flexibility index (Phi) is 12.1. The van der Waals surface area contributed by atoms with E-state index in [1.54, 1.807) is 0 Å². The number of rotatable bonds is 9. The fourth-order valence-corrected chi connectivity index (χ4v) is 2.26. The average Bonchev–Trinajstić information content (AvgIpc) is 2.40. The number of carbonyl (C=O) groups is 1. The van der Waals surface area contributed by atoms with Crippen LogP contribution in [0.2, 0.25) is 0 Å². The van der Waals surface area contributed by atoms with Gasteiger partial charge in [0.2, 0.25) is 9.82 Å². The van der Waals surface area contributed by atoms with Gasteiger partial charge in [0.05, 0.1) is 13.7 Å². The van der Waals surface area contributed by atoms with Gasteiger partial charge in [-0.2, -0.15) is 0 Å². The number of allylic oxidation sites excluding steroid dienone is 2. The first-order valence-corrected chi connectivity index (χ1v) is 7.62. The molecule has 110 valence electrons. The van der Waals surface area contributed by atoms with Gasteiger partial charge in [-0.15, -0.1) is 0 Å². The van der Waals surface area contributed by atoms with E-state index in [0.717, 1.165) is 31.0 Å². The van der Waals surface area contributed by atoms with Crippen molar-refractivity contribution >= 4 is 34.3 Å². The number of thioether (sulfide) groups is 1. The summed E-state index contributed by atoms with van der Waals surface area (Å²) in [5.74, 6) is -0.448. The third-order valence-electron chi connectivity index (χ3n) is 2.05. The summed E-state index contributed by atoms with van der Waals surface area (Å²) in [5, 5.41) is 0. The summed E-state index contributed by atoms with van der Waals surface area (Å²) in [6, 6.07) is 0. The highest BCUT2D eigenvalue weighted by Gasteiger charge is 2.23. The maximum atomic E-state index is 11.5. The molecular formula is C13H22O4S2. The van der Waals surface area contributed by atoms with Gasteiger partial charge in [-0.1, -0.05) is 19.1 Å². The molecule has 6 heteroatoms. The molecule has 0 saturated heterocycles.